The van der Waals surface area contributed by atoms with Gasteiger partial charge in [-0.25, -0.2) is 8.42 Å². The normalized spacial score (nSPS) is 12.9. The molecule has 0 bridgehead atoms. The third-order valence-electron chi connectivity index (χ3n) is 2.90. The Labute approximate surface area is 132 Å². The molecule has 1 aromatic carbocycles. The van der Waals surface area contributed by atoms with Crippen molar-refractivity contribution in [2.75, 3.05) is 6.26 Å². The molecule has 21 heavy (non-hydrogen) atoms. The molecule has 7 heteroatoms. The van der Waals surface area contributed by atoms with E-state index in [1.807, 2.05) is 13.0 Å². The Hall–Kier alpha value is -1.37. The van der Waals surface area contributed by atoms with Crippen molar-refractivity contribution < 1.29 is 13.2 Å². The quantitative estimate of drug-likeness (QED) is 0.926. The molecule has 2 rings (SSSR count). The van der Waals surface area contributed by atoms with Crippen LogP contribution in [0.15, 0.2) is 41.3 Å². The minimum absolute atomic E-state index is 0.0268. The van der Waals surface area contributed by atoms with Crippen LogP contribution in [0.5, 0.6) is 0 Å². The Balaban J connectivity index is 2.26. The van der Waals surface area contributed by atoms with Crippen molar-refractivity contribution >= 4 is 38.7 Å². The van der Waals surface area contributed by atoms with Gasteiger partial charge in [0, 0.05) is 11.1 Å². The fourth-order valence-corrected chi connectivity index (χ4v) is 3.83. The SMILES string of the molecule is CC(NC(=O)c1ccccc1S(C)(=O)=O)c1ccc(Cl)s1. The first-order valence-corrected chi connectivity index (χ1v) is 9.23. The number of carbonyl (C=O) groups excluding carboxylic acids is 1. The highest BCUT2D eigenvalue weighted by Gasteiger charge is 2.20. The molecule has 1 aromatic heterocycles. The highest BCUT2D eigenvalue weighted by Crippen LogP contribution is 2.27. The Morgan fingerprint density at radius 1 is 1.24 bits per heavy atom. The Kier molecular flexibility index (Phi) is 4.70. The van der Waals surface area contributed by atoms with E-state index in [4.69, 9.17) is 11.6 Å². The minimum atomic E-state index is -3.45. The smallest absolute Gasteiger partial charge is 0.253 e. The molecule has 0 spiro atoms. The number of sulfone groups is 1. The molecule has 0 aliphatic carbocycles. The molecule has 0 radical (unpaired) electrons. The predicted molar refractivity (Wildman–Crippen MR) is 84.8 cm³/mol. The molecule has 4 nitrogen and oxygen atoms in total. The number of amides is 1. The van der Waals surface area contributed by atoms with Crippen LogP contribution in [0.2, 0.25) is 4.34 Å². The Morgan fingerprint density at radius 3 is 2.48 bits per heavy atom. The molecule has 1 atom stereocenters. The van der Waals surface area contributed by atoms with Gasteiger partial charge in [-0.3, -0.25) is 4.79 Å². The molecule has 1 unspecified atom stereocenters. The first-order chi connectivity index (χ1) is 9.79. The van der Waals surface area contributed by atoms with Gasteiger partial charge in [-0.15, -0.1) is 11.3 Å². The zero-order valence-corrected chi connectivity index (χ0v) is 13.8. The fraction of sp³-hybridized carbons (Fsp3) is 0.214. The summed E-state index contributed by atoms with van der Waals surface area (Å²) in [7, 11) is -3.45. The van der Waals surface area contributed by atoms with E-state index in [2.05, 4.69) is 5.32 Å². The molecule has 0 saturated carbocycles. The molecule has 1 heterocycles. The van der Waals surface area contributed by atoms with E-state index in [9.17, 15) is 13.2 Å². The first kappa shape index (κ1) is 16.0. The van der Waals surface area contributed by atoms with Gasteiger partial charge >= 0.3 is 0 Å². The minimum Gasteiger partial charge on any atom is -0.345 e. The maximum absolute atomic E-state index is 12.3. The largest absolute Gasteiger partial charge is 0.345 e. The molecule has 1 amide bonds. The van der Waals surface area contributed by atoms with Gasteiger partial charge in [0.15, 0.2) is 9.84 Å². The Bertz CT molecular complexity index is 768. The van der Waals surface area contributed by atoms with E-state index in [-0.39, 0.29) is 16.5 Å². The lowest BCUT2D eigenvalue weighted by atomic mass is 10.2. The van der Waals surface area contributed by atoms with E-state index >= 15 is 0 Å². The number of hydrogen-bond acceptors (Lipinski definition) is 4. The molecule has 0 fully saturated rings. The summed E-state index contributed by atoms with van der Waals surface area (Å²) in [6, 6.07) is 9.50. The van der Waals surface area contributed by atoms with Crippen molar-refractivity contribution in [1.82, 2.24) is 5.32 Å². The standard InChI is InChI=1S/C14H14ClNO3S2/c1-9(11-7-8-13(15)20-11)16-14(17)10-5-3-4-6-12(10)21(2,18)19/h3-9H,1-2H3,(H,16,17). The van der Waals surface area contributed by atoms with Crippen molar-refractivity contribution in [3.05, 3.63) is 51.2 Å². The second kappa shape index (κ2) is 6.17. The van der Waals surface area contributed by atoms with E-state index in [0.717, 1.165) is 11.1 Å². The fourth-order valence-electron chi connectivity index (χ4n) is 1.88. The number of halogens is 1. The number of hydrogen-bond donors (Lipinski definition) is 1. The third kappa shape index (κ3) is 3.84. The lowest BCUT2D eigenvalue weighted by molar-refractivity contribution is 0.0937. The van der Waals surface area contributed by atoms with Gasteiger partial charge in [-0.2, -0.15) is 0 Å². The highest BCUT2D eigenvalue weighted by atomic mass is 35.5. The van der Waals surface area contributed by atoms with Gasteiger partial charge in [0.25, 0.3) is 5.91 Å². The summed E-state index contributed by atoms with van der Waals surface area (Å²) >= 11 is 7.24. The van der Waals surface area contributed by atoms with Crippen LogP contribution in [0.3, 0.4) is 0 Å². The van der Waals surface area contributed by atoms with E-state index < -0.39 is 15.7 Å². The van der Waals surface area contributed by atoms with Crippen LogP contribution >= 0.6 is 22.9 Å². The maximum atomic E-state index is 12.3. The van der Waals surface area contributed by atoms with Crippen LogP contribution in [0.25, 0.3) is 0 Å². The molecule has 2 aromatic rings. The topological polar surface area (TPSA) is 63.2 Å². The van der Waals surface area contributed by atoms with Crippen molar-refractivity contribution in [3.8, 4) is 0 Å². The number of carbonyl (C=O) groups is 1. The van der Waals surface area contributed by atoms with E-state index in [1.54, 1.807) is 18.2 Å². The molecule has 1 N–H and O–H groups in total. The average molecular weight is 344 g/mol. The van der Waals surface area contributed by atoms with E-state index in [0.29, 0.717) is 4.34 Å². The molecule has 0 aliphatic rings. The van der Waals surface area contributed by atoms with Gasteiger partial charge < -0.3 is 5.32 Å². The van der Waals surface area contributed by atoms with E-state index in [1.165, 1.54) is 23.5 Å². The molecule has 0 aliphatic heterocycles. The van der Waals surface area contributed by atoms with Gasteiger partial charge in [0.1, 0.15) is 0 Å². The van der Waals surface area contributed by atoms with Crippen molar-refractivity contribution in [1.29, 1.82) is 0 Å². The zero-order chi connectivity index (χ0) is 15.6. The summed E-state index contributed by atoms with van der Waals surface area (Å²) in [5.74, 6) is -0.423. The molecular weight excluding hydrogens is 330 g/mol. The first-order valence-electron chi connectivity index (χ1n) is 6.14. The number of benzene rings is 1. The van der Waals surface area contributed by atoms with Gasteiger partial charge in [-0.1, -0.05) is 23.7 Å². The van der Waals surface area contributed by atoms with Gasteiger partial charge in [0.05, 0.1) is 20.8 Å². The van der Waals surface area contributed by atoms with Crippen LogP contribution in [0.1, 0.15) is 28.2 Å². The molecular formula is C14H14ClNO3S2. The van der Waals surface area contributed by atoms with Gasteiger partial charge in [-0.05, 0) is 31.2 Å². The summed E-state index contributed by atoms with van der Waals surface area (Å²) in [5.41, 5.74) is 0.148. The summed E-state index contributed by atoms with van der Waals surface area (Å²) in [6.45, 7) is 1.82. The van der Waals surface area contributed by atoms with Crippen LogP contribution < -0.4 is 5.32 Å². The monoisotopic (exact) mass is 343 g/mol. The molecule has 112 valence electrons. The second-order valence-electron chi connectivity index (χ2n) is 4.61. The van der Waals surface area contributed by atoms with Crippen LogP contribution in [-0.2, 0) is 9.84 Å². The Morgan fingerprint density at radius 2 is 1.90 bits per heavy atom. The summed E-state index contributed by atoms with van der Waals surface area (Å²) in [4.78, 5) is 13.2. The van der Waals surface area contributed by atoms with Crippen LogP contribution in [0, 0.1) is 0 Å². The maximum Gasteiger partial charge on any atom is 0.253 e. The third-order valence-corrected chi connectivity index (χ3v) is 5.47. The zero-order valence-electron chi connectivity index (χ0n) is 11.5. The van der Waals surface area contributed by atoms with Crippen molar-refractivity contribution in [2.24, 2.45) is 0 Å². The predicted octanol–water partition coefficient (Wildman–Crippen LogP) is 3.30. The van der Waals surface area contributed by atoms with Crippen molar-refractivity contribution in [2.45, 2.75) is 17.9 Å². The number of thiophene rings is 1. The van der Waals surface area contributed by atoms with Crippen LogP contribution in [0.4, 0.5) is 0 Å². The average Bonchev–Trinajstić information content (AvgIpc) is 2.84. The number of nitrogens with one attached hydrogen (secondary N) is 1. The lowest BCUT2D eigenvalue weighted by Gasteiger charge is -2.14. The summed E-state index contributed by atoms with van der Waals surface area (Å²) < 4.78 is 24.1. The number of rotatable bonds is 4. The van der Waals surface area contributed by atoms with Gasteiger partial charge in [0.2, 0.25) is 0 Å². The van der Waals surface area contributed by atoms with Crippen LogP contribution in [-0.4, -0.2) is 20.6 Å². The molecule has 0 saturated heterocycles. The summed E-state index contributed by atoms with van der Waals surface area (Å²) in [6.07, 6.45) is 1.08. The highest BCUT2D eigenvalue weighted by molar-refractivity contribution is 7.90. The lowest BCUT2D eigenvalue weighted by Crippen LogP contribution is -2.27. The summed E-state index contributed by atoms with van der Waals surface area (Å²) in [5, 5.41) is 2.79. The van der Waals surface area contributed by atoms with Crippen molar-refractivity contribution in [3.63, 3.8) is 0 Å². The second-order valence-corrected chi connectivity index (χ2v) is 8.34.